The maximum absolute atomic E-state index is 6.06. The van der Waals surface area contributed by atoms with Gasteiger partial charge in [0.1, 0.15) is 5.75 Å². The Labute approximate surface area is 123 Å². The molecule has 102 valence electrons. The average Bonchev–Trinajstić information content (AvgIpc) is 2.39. The molecule has 0 heterocycles. The Morgan fingerprint density at radius 2 is 2.37 bits per heavy atom. The molecule has 0 atom stereocenters. The van der Waals surface area contributed by atoms with Crippen LogP contribution in [0.25, 0.3) is 0 Å². The van der Waals surface area contributed by atoms with E-state index in [2.05, 4.69) is 22.4 Å². The van der Waals surface area contributed by atoms with E-state index in [1.807, 2.05) is 19.1 Å². The van der Waals surface area contributed by atoms with Crippen molar-refractivity contribution < 1.29 is 4.74 Å². The molecule has 0 radical (unpaired) electrons. The van der Waals surface area contributed by atoms with Crippen LogP contribution < -0.4 is 15.5 Å². The van der Waals surface area contributed by atoms with Gasteiger partial charge in [-0.2, -0.15) is 5.10 Å². The molecule has 1 aromatic carbocycles. The van der Waals surface area contributed by atoms with E-state index in [0.29, 0.717) is 29.0 Å². The fraction of sp³-hybridized carbons (Fsp3) is 0.231. The average molecular weight is 298 g/mol. The van der Waals surface area contributed by atoms with Gasteiger partial charge >= 0.3 is 0 Å². The summed E-state index contributed by atoms with van der Waals surface area (Å²) in [5.41, 5.74) is 3.55. The predicted molar refractivity (Wildman–Crippen MR) is 84.1 cm³/mol. The third-order valence-electron chi connectivity index (χ3n) is 2.04. The van der Waals surface area contributed by atoms with Crippen molar-refractivity contribution in [3.63, 3.8) is 0 Å². The van der Waals surface area contributed by atoms with Crippen LogP contribution in [0.4, 0.5) is 0 Å². The monoisotopic (exact) mass is 297 g/mol. The van der Waals surface area contributed by atoms with Gasteiger partial charge in [-0.3, -0.25) is 5.43 Å². The number of ether oxygens (including phenoxy) is 1. The Morgan fingerprint density at radius 3 is 3.00 bits per heavy atom. The number of benzene rings is 1. The van der Waals surface area contributed by atoms with E-state index < -0.39 is 0 Å². The number of thiocarbonyl (C=S) groups is 1. The van der Waals surface area contributed by atoms with Gasteiger partial charge in [-0.15, -0.1) is 6.58 Å². The number of hydrazone groups is 1. The summed E-state index contributed by atoms with van der Waals surface area (Å²) in [6.45, 7) is 6.66. The van der Waals surface area contributed by atoms with E-state index in [0.717, 1.165) is 5.56 Å². The van der Waals surface area contributed by atoms with Crippen molar-refractivity contribution in [3.05, 3.63) is 41.4 Å². The highest BCUT2D eigenvalue weighted by Gasteiger charge is 2.00. The Bertz CT molecular complexity index is 477. The molecule has 0 aromatic heterocycles. The van der Waals surface area contributed by atoms with Gasteiger partial charge in [0.15, 0.2) is 5.11 Å². The van der Waals surface area contributed by atoms with E-state index in [1.54, 1.807) is 18.4 Å². The number of hydrogen-bond donors (Lipinski definition) is 2. The van der Waals surface area contributed by atoms with Crippen molar-refractivity contribution in [3.8, 4) is 5.75 Å². The molecule has 0 aliphatic carbocycles. The Hall–Kier alpha value is -1.59. The highest BCUT2D eigenvalue weighted by Crippen LogP contribution is 2.24. The van der Waals surface area contributed by atoms with Crippen molar-refractivity contribution in [2.45, 2.75) is 6.92 Å². The zero-order valence-electron chi connectivity index (χ0n) is 10.6. The first-order chi connectivity index (χ1) is 9.17. The van der Waals surface area contributed by atoms with Crippen LogP contribution in [0.5, 0.6) is 5.75 Å². The first-order valence-corrected chi connectivity index (χ1v) is 6.56. The lowest BCUT2D eigenvalue weighted by Crippen LogP contribution is -2.31. The van der Waals surface area contributed by atoms with Gasteiger partial charge in [0.2, 0.25) is 0 Å². The molecule has 0 fully saturated rings. The van der Waals surface area contributed by atoms with Crippen LogP contribution in [-0.2, 0) is 0 Å². The first-order valence-electron chi connectivity index (χ1n) is 5.77. The van der Waals surface area contributed by atoms with E-state index in [-0.39, 0.29) is 0 Å². The summed E-state index contributed by atoms with van der Waals surface area (Å²) in [4.78, 5) is 0. The molecule has 0 unspecified atom stereocenters. The Morgan fingerprint density at radius 1 is 1.58 bits per heavy atom. The Kier molecular flexibility index (Phi) is 6.92. The maximum Gasteiger partial charge on any atom is 0.187 e. The van der Waals surface area contributed by atoms with Crippen molar-refractivity contribution in [2.75, 3.05) is 13.2 Å². The molecule has 0 amide bonds. The highest BCUT2D eigenvalue weighted by atomic mass is 35.5. The maximum atomic E-state index is 6.06. The second-order valence-corrected chi connectivity index (χ2v) is 4.31. The highest BCUT2D eigenvalue weighted by molar-refractivity contribution is 7.80. The van der Waals surface area contributed by atoms with Gasteiger partial charge in [0.05, 0.1) is 17.8 Å². The second-order valence-electron chi connectivity index (χ2n) is 3.49. The van der Waals surface area contributed by atoms with Crippen LogP contribution in [-0.4, -0.2) is 24.5 Å². The third-order valence-corrected chi connectivity index (χ3v) is 2.57. The minimum atomic E-state index is 0.438. The number of hydrogen-bond acceptors (Lipinski definition) is 3. The van der Waals surface area contributed by atoms with Gasteiger partial charge in [0, 0.05) is 6.54 Å². The minimum absolute atomic E-state index is 0.438. The number of nitrogens with one attached hydrogen (secondary N) is 2. The van der Waals surface area contributed by atoms with Crippen LogP contribution in [0.2, 0.25) is 5.02 Å². The molecule has 0 aliphatic heterocycles. The van der Waals surface area contributed by atoms with E-state index in [9.17, 15) is 0 Å². The molecule has 6 heteroatoms. The lowest BCUT2D eigenvalue weighted by atomic mass is 10.2. The SMILES string of the molecule is C=CCNC(=S)N/N=C/c1ccc(OCC)c(Cl)c1. The molecule has 1 rings (SSSR count). The molecule has 19 heavy (non-hydrogen) atoms. The van der Waals surface area contributed by atoms with Crippen LogP contribution in [0.3, 0.4) is 0 Å². The van der Waals surface area contributed by atoms with Gasteiger partial charge in [-0.05, 0) is 42.9 Å². The molecule has 0 saturated heterocycles. The van der Waals surface area contributed by atoms with Crippen molar-refractivity contribution in [1.82, 2.24) is 10.7 Å². The van der Waals surface area contributed by atoms with Gasteiger partial charge in [-0.25, -0.2) is 0 Å². The first kappa shape index (κ1) is 15.5. The molecule has 0 aliphatic rings. The molecular formula is C13H16ClN3OS. The van der Waals surface area contributed by atoms with Crippen molar-refractivity contribution in [2.24, 2.45) is 5.10 Å². The van der Waals surface area contributed by atoms with Crippen LogP contribution in [0.1, 0.15) is 12.5 Å². The summed E-state index contributed by atoms with van der Waals surface area (Å²) in [6, 6.07) is 5.45. The Balaban J connectivity index is 2.55. The predicted octanol–water partition coefficient (Wildman–Crippen LogP) is 2.72. The van der Waals surface area contributed by atoms with Crippen molar-refractivity contribution >= 4 is 35.1 Å². The smallest absolute Gasteiger partial charge is 0.187 e. The summed E-state index contributed by atoms with van der Waals surface area (Å²) in [6.07, 6.45) is 3.34. The molecule has 0 saturated carbocycles. The van der Waals surface area contributed by atoms with Gasteiger partial charge in [0.25, 0.3) is 0 Å². The van der Waals surface area contributed by atoms with Crippen LogP contribution >= 0.6 is 23.8 Å². The van der Waals surface area contributed by atoms with Crippen LogP contribution in [0.15, 0.2) is 36.0 Å². The normalized spacial score (nSPS) is 10.2. The summed E-state index contributed by atoms with van der Waals surface area (Å²) in [7, 11) is 0. The van der Waals surface area contributed by atoms with E-state index in [4.69, 9.17) is 28.6 Å². The van der Waals surface area contributed by atoms with Crippen molar-refractivity contribution in [1.29, 1.82) is 0 Å². The largest absolute Gasteiger partial charge is 0.492 e. The molecule has 0 bridgehead atoms. The molecular weight excluding hydrogens is 282 g/mol. The lowest BCUT2D eigenvalue weighted by molar-refractivity contribution is 0.340. The number of nitrogens with zero attached hydrogens (tertiary/aromatic N) is 1. The second kappa shape index (κ2) is 8.50. The fourth-order valence-corrected chi connectivity index (χ4v) is 1.62. The quantitative estimate of drug-likeness (QED) is 0.367. The zero-order valence-corrected chi connectivity index (χ0v) is 12.2. The summed E-state index contributed by atoms with van der Waals surface area (Å²) in [5, 5.41) is 7.89. The lowest BCUT2D eigenvalue weighted by Gasteiger charge is -2.06. The number of rotatable bonds is 6. The zero-order chi connectivity index (χ0) is 14.1. The molecule has 2 N–H and O–H groups in total. The third kappa shape index (κ3) is 5.72. The van der Waals surface area contributed by atoms with Gasteiger partial charge in [-0.1, -0.05) is 17.7 Å². The number of halogens is 1. The summed E-state index contributed by atoms with van der Waals surface area (Å²) >= 11 is 11.0. The van der Waals surface area contributed by atoms with E-state index >= 15 is 0 Å². The minimum Gasteiger partial charge on any atom is -0.492 e. The molecule has 4 nitrogen and oxygen atoms in total. The van der Waals surface area contributed by atoms with Crippen LogP contribution in [0, 0.1) is 0 Å². The molecule has 1 aromatic rings. The summed E-state index contributed by atoms with van der Waals surface area (Å²) in [5.74, 6) is 0.664. The fourth-order valence-electron chi connectivity index (χ4n) is 1.24. The van der Waals surface area contributed by atoms with Gasteiger partial charge < -0.3 is 10.1 Å². The topological polar surface area (TPSA) is 45.7 Å². The standard InChI is InChI=1S/C13H16ClN3OS/c1-3-7-15-13(19)17-16-9-10-5-6-12(18-4-2)11(14)8-10/h3,5-6,8-9H,1,4,7H2,2H3,(H2,15,17,19)/b16-9+. The van der Waals surface area contributed by atoms with E-state index in [1.165, 1.54) is 0 Å². The summed E-state index contributed by atoms with van der Waals surface area (Å²) < 4.78 is 5.35. The molecule has 0 spiro atoms.